The van der Waals surface area contributed by atoms with Crippen molar-refractivity contribution in [3.8, 4) is 11.5 Å². The van der Waals surface area contributed by atoms with Crippen LogP contribution in [0, 0.1) is 0 Å². The second-order valence-corrected chi connectivity index (χ2v) is 17.4. The number of benzene rings is 2. The van der Waals surface area contributed by atoms with Crippen LogP contribution in [-0.2, 0) is 17.0 Å². The zero-order valence-electron chi connectivity index (χ0n) is 17.2. The summed E-state index contributed by atoms with van der Waals surface area (Å²) in [5, 5.41) is 19.8. The van der Waals surface area contributed by atoms with E-state index in [-0.39, 0.29) is 0 Å². The third-order valence-electron chi connectivity index (χ3n) is 4.99. The molecule has 2 rings (SSSR count). The highest BCUT2D eigenvalue weighted by atomic mass is 28.4. The smallest absolute Gasteiger partial charge is 0.173 e. The Kier molecular flexibility index (Phi) is 7.71. The van der Waals surface area contributed by atoms with E-state index in [1.165, 1.54) is 0 Å². The van der Waals surface area contributed by atoms with Gasteiger partial charge in [-0.1, -0.05) is 36.4 Å². The molecule has 3 nitrogen and oxygen atoms in total. The number of hydrogen-bond donors (Lipinski definition) is 2. The Balaban J connectivity index is 1.78. The molecule has 0 heterocycles. The molecular weight excluding hydrogens is 368 g/mol. The highest BCUT2D eigenvalue weighted by molar-refractivity contribution is 6.84. The summed E-state index contributed by atoms with van der Waals surface area (Å²) in [6.07, 6.45) is 3.92. The van der Waals surface area contributed by atoms with Gasteiger partial charge in [-0.2, -0.15) is 0 Å². The van der Waals surface area contributed by atoms with Gasteiger partial charge in [0.25, 0.3) is 0 Å². The molecule has 0 spiro atoms. The minimum Gasteiger partial charge on any atom is -0.508 e. The molecule has 0 saturated heterocycles. The van der Waals surface area contributed by atoms with Gasteiger partial charge in [-0.3, -0.25) is 0 Å². The van der Waals surface area contributed by atoms with Crippen molar-refractivity contribution in [1.29, 1.82) is 0 Å². The van der Waals surface area contributed by atoms with Crippen molar-refractivity contribution in [2.75, 3.05) is 0 Å². The average molecular weight is 403 g/mol. The molecule has 0 fully saturated rings. The number of aromatic hydroxyl groups is 2. The van der Waals surface area contributed by atoms with Crippen LogP contribution < -0.4 is 0 Å². The first-order chi connectivity index (χ1) is 12.7. The molecule has 2 aromatic carbocycles. The molecule has 0 aliphatic heterocycles. The molecule has 2 N–H and O–H groups in total. The summed E-state index contributed by atoms with van der Waals surface area (Å²) in [7, 11) is -3.44. The molecule has 0 amide bonds. The first kappa shape index (κ1) is 21.7. The van der Waals surface area contributed by atoms with E-state index in [2.05, 4.69) is 26.2 Å². The molecule has 0 aromatic heterocycles. The Morgan fingerprint density at radius 1 is 0.667 bits per heavy atom. The van der Waals surface area contributed by atoms with E-state index in [4.69, 9.17) is 4.12 Å². The van der Waals surface area contributed by atoms with E-state index in [9.17, 15) is 10.2 Å². The number of rotatable bonds is 10. The largest absolute Gasteiger partial charge is 0.508 e. The van der Waals surface area contributed by atoms with Crippen molar-refractivity contribution in [2.24, 2.45) is 0 Å². The van der Waals surface area contributed by atoms with Crippen LogP contribution in [0.3, 0.4) is 0 Å². The van der Waals surface area contributed by atoms with Crippen LogP contribution in [0.5, 0.6) is 11.5 Å². The topological polar surface area (TPSA) is 49.7 Å². The van der Waals surface area contributed by atoms with Crippen molar-refractivity contribution in [1.82, 2.24) is 0 Å². The summed E-state index contributed by atoms with van der Waals surface area (Å²) in [6, 6.07) is 17.4. The van der Waals surface area contributed by atoms with Crippen molar-refractivity contribution in [3.05, 3.63) is 59.7 Å². The monoisotopic (exact) mass is 402 g/mol. The van der Waals surface area contributed by atoms with Gasteiger partial charge in [0.1, 0.15) is 11.5 Å². The van der Waals surface area contributed by atoms with Gasteiger partial charge >= 0.3 is 0 Å². The van der Waals surface area contributed by atoms with Gasteiger partial charge in [0.15, 0.2) is 16.6 Å². The lowest BCUT2D eigenvalue weighted by atomic mass is 10.1. The summed E-state index contributed by atoms with van der Waals surface area (Å²) >= 11 is 0. The summed E-state index contributed by atoms with van der Waals surface area (Å²) in [5.41, 5.74) is 2.06. The number of para-hydroxylation sites is 2. The molecule has 0 bridgehead atoms. The van der Waals surface area contributed by atoms with E-state index < -0.39 is 16.6 Å². The highest BCUT2D eigenvalue weighted by Gasteiger charge is 2.32. The number of phenolic OH excluding ortho intramolecular Hbond substituents is 2. The van der Waals surface area contributed by atoms with E-state index in [0.29, 0.717) is 11.5 Å². The predicted molar refractivity (Wildman–Crippen MR) is 119 cm³/mol. The Morgan fingerprint density at radius 3 is 1.41 bits per heavy atom. The molecule has 5 heteroatoms. The van der Waals surface area contributed by atoms with E-state index >= 15 is 0 Å². The van der Waals surface area contributed by atoms with Crippen LogP contribution in [0.4, 0.5) is 0 Å². The maximum atomic E-state index is 9.91. The van der Waals surface area contributed by atoms with Gasteiger partial charge in [0, 0.05) is 0 Å². The van der Waals surface area contributed by atoms with Crippen molar-refractivity contribution in [2.45, 2.75) is 64.0 Å². The van der Waals surface area contributed by atoms with E-state index in [0.717, 1.165) is 48.9 Å². The highest BCUT2D eigenvalue weighted by Crippen LogP contribution is 2.27. The number of phenols is 2. The van der Waals surface area contributed by atoms with E-state index in [1.54, 1.807) is 12.1 Å². The molecule has 0 saturated carbocycles. The lowest BCUT2D eigenvalue weighted by Crippen LogP contribution is -2.44. The Hall–Kier alpha value is -1.57. The lowest BCUT2D eigenvalue weighted by molar-refractivity contribution is 0.466. The molecule has 0 aliphatic carbocycles. The zero-order chi connectivity index (χ0) is 19.9. The van der Waals surface area contributed by atoms with Gasteiger partial charge < -0.3 is 14.3 Å². The maximum absolute atomic E-state index is 9.91. The van der Waals surface area contributed by atoms with Crippen molar-refractivity contribution < 1.29 is 14.3 Å². The standard InChI is InChI=1S/C22H34O3Si2/c1-26(2,17-9-13-19-11-5-7-15-21(19)23)25-27(3,4)18-10-14-20-12-6-8-16-22(20)24/h5-8,11-12,15-16,23-24H,9-10,13-14,17-18H2,1-4H3. The minimum atomic E-state index is -1.72. The third-order valence-corrected chi connectivity index (χ3v) is 12.5. The predicted octanol–water partition coefficient (Wildman–Crippen LogP) is 6.09. The first-order valence-electron chi connectivity index (χ1n) is 9.92. The molecule has 0 unspecified atom stereocenters. The van der Waals surface area contributed by atoms with Crippen molar-refractivity contribution in [3.63, 3.8) is 0 Å². The van der Waals surface area contributed by atoms with Crippen LogP contribution in [0.15, 0.2) is 48.5 Å². The van der Waals surface area contributed by atoms with Gasteiger partial charge in [-0.05, 0) is 87.2 Å². The molecule has 2 aromatic rings. The fourth-order valence-corrected chi connectivity index (χ4v) is 12.6. The number of aryl methyl sites for hydroxylation is 2. The SMILES string of the molecule is C[Si](C)(CCCc1ccccc1O)O[Si](C)(C)CCCc1ccccc1O. The second-order valence-electron chi connectivity index (χ2n) is 8.59. The van der Waals surface area contributed by atoms with Gasteiger partial charge in [0.2, 0.25) is 0 Å². The fraction of sp³-hybridized carbons (Fsp3) is 0.455. The fourth-order valence-electron chi connectivity index (χ4n) is 3.70. The minimum absolute atomic E-state index is 0.400. The van der Waals surface area contributed by atoms with Crippen LogP contribution in [0.1, 0.15) is 24.0 Å². The summed E-state index contributed by atoms with van der Waals surface area (Å²) in [6.45, 7) is 9.26. The van der Waals surface area contributed by atoms with Gasteiger partial charge in [-0.25, -0.2) is 0 Å². The first-order valence-corrected chi connectivity index (χ1v) is 16.2. The van der Waals surface area contributed by atoms with Crippen LogP contribution in [-0.4, -0.2) is 26.8 Å². The van der Waals surface area contributed by atoms with Gasteiger partial charge in [-0.15, -0.1) is 0 Å². The molecule has 27 heavy (non-hydrogen) atoms. The maximum Gasteiger partial charge on any atom is 0.173 e. The second kappa shape index (κ2) is 9.58. The molecule has 148 valence electrons. The average Bonchev–Trinajstić information content (AvgIpc) is 2.57. The molecule has 0 radical (unpaired) electrons. The van der Waals surface area contributed by atoms with Gasteiger partial charge in [0.05, 0.1) is 0 Å². The Bertz CT molecular complexity index is 668. The lowest BCUT2D eigenvalue weighted by Gasteiger charge is -2.34. The van der Waals surface area contributed by atoms with Crippen LogP contribution in [0.2, 0.25) is 38.3 Å². The Labute approximate surface area is 166 Å². The summed E-state index contributed by atoms with van der Waals surface area (Å²) in [5.74, 6) is 0.800. The van der Waals surface area contributed by atoms with Crippen LogP contribution >= 0.6 is 0 Å². The van der Waals surface area contributed by atoms with Crippen molar-refractivity contribution >= 4 is 16.6 Å². The summed E-state index contributed by atoms with van der Waals surface area (Å²) in [4.78, 5) is 0. The Morgan fingerprint density at radius 2 is 1.04 bits per heavy atom. The number of hydrogen-bond acceptors (Lipinski definition) is 3. The quantitative estimate of drug-likeness (QED) is 0.473. The van der Waals surface area contributed by atoms with Crippen LogP contribution in [0.25, 0.3) is 0 Å². The zero-order valence-corrected chi connectivity index (χ0v) is 19.2. The molecule has 0 atom stereocenters. The van der Waals surface area contributed by atoms with E-state index in [1.807, 2.05) is 36.4 Å². The summed E-state index contributed by atoms with van der Waals surface area (Å²) < 4.78 is 6.71. The normalized spacial score (nSPS) is 12.3. The molecular formula is C22H34O3Si2. The third kappa shape index (κ3) is 7.52. The molecule has 0 aliphatic rings.